The van der Waals surface area contributed by atoms with Gasteiger partial charge in [-0.3, -0.25) is 4.99 Å². The number of nitrogens with zero attached hydrogens (tertiary/aromatic N) is 1. The highest BCUT2D eigenvalue weighted by Gasteiger charge is 2.03. The third kappa shape index (κ3) is 5.88. The number of guanidine groups is 1. The number of nitrogens with one attached hydrogen (secondary N) is 1. The Hall–Kier alpha value is -2.89. The molecule has 6 heteroatoms. The van der Waals surface area contributed by atoms with Gasteiger partial charge in [-0.2, -0.15) is 0 Å². The number of rotatable bonds is 8. The average molecular weight is 357 g/mol. The van der Waals surface area contributed by atoms with Crippen LogP contribution in [0.15, 0.2) is 41.4 Å². The Morgan fingerprint density at radius 3 is 2.23 bits per heavy atom. The van der Waals surface area contributed by atoms with E-state index in [0.29, 0.717) is 36.4 Å². The van der Waals surface area contributed by atoms with E-state index in [0.717, 1.165) is 12.1 Å². The normalized spacial score (nSPS) is 11.2. The van der Waals surface area contributed by atoms with Crippen LogP contribution < -0.4 is 25.3 Å². The molecule has 2 rings (SSSR count). The fourth-order valence-electron chi connectivity index (χ4n) is 2.33. The third-order valence-corrected chi connectivity index (χ3v) is 3.96. The molecule has 0 aromatic heterocycles. The lowest BCUT2D eigenvalue weighted by Crippen LogP contribution is -2.23. The maximum atomic E-state index is 5.93. The molecule has 0 heterocycles. The van der Waals surface area contributed by atoms with Crippen LogP contribution in [0.3, 0.4) is 0 Å². The number of aliphatic imine (C=N–C) groups is 1. The van der Waals surface area contributed by atoms with E-state index < -0.39 is 0 Å². The smallest absolute Gasteiger partial charge is 0.193 e. The minimum Gasteiger partial charge on any atom is -0.496 e. The van der Waals surface area contributed by atoms with Gasteiger partial charge in [-0.1, -0.05) is 6.07 Å². The highest BCUT2D eigenvalue weighted by Crippen LogP contribution is 2.27. The van der Waals surface area contributed by atoms with Gasteiger partial charge in [0, 0.05) is 36.9 Å². The molecule has 0 saturated carbocycles. The standard InChI is InChI=1S/C20H27N3O3/c1-14-6-7-16(10-15(14)2)23-20(21)22-8-5-9-26-19-12-17(24-3)11-18(13-19)25-4/h6-7,10-13H,5,8-9H2,1-4H3,(H3,21,22,23). The number of nitrogens with two attached hydrogens (primary N) is 1. The summed E-state index contributed by atoms with van der Waals surface area (Å²) in [6, 6.07) is 11.5. The molecule has 0 aliphatic heterocycles. The predicted molar refractivity (Wildman–Crippen MR) is 106 cm³/mol. The van der Waals surface area contributed by atoms with Crippen molar-refractivity contribution in [3.63, 3.8) is 0 Å². The number of hydrogen-bond donors (Lipinski definition) is 2. The molecular weight excluding hydrogens is 330 g/mol. The zero-order valence-corrected chi connectivity index (χ0v) is 15.8. The van der Waals surface area contributed by atoms with E-state index in [1.165, 1.54) is 11.1 Å². The Labute approximate surface area is 155 Å². The average Bonchev–Trinajstić information content (AvgIpc) is 2.64. The molecule has 2 aromatic rings. The molecule has 0 unspecified atom stereocenters. The van der Waals surface area contributed by atoms with Crippen molar-refractivity contribution in [2.24, 2.45) is 10.7 Å². The van der Waals surface area contributed by atoms with Crippen molar-refractivity contribution < 1.29 is 14.2 Å². The molecule has 2 aromatic carbocycles. The van der Waals surface area contributed by atoms with Crippen molar-refractivity contribution in [1.29, 1.82) is 0 Å². The SMILES string of the molecule is COc1cc(OC)cc(OCCCN=C(N)Nc2ccc(C)c(C)c2)c1. The quantitative estimate of drug-likeness (QED) is 0.429. The van der Waals surface area contributed by atoms with Crippen molar-refractivity contribution in [2.75, 3.05) is 32.7 Å². The van der Waals surface area contributed by atoms with Crippen molar-refractivity contribution in [3.8, 4) is 17.2 Å². The van der Waals surface area contributed by atoms with Gasteiger partial charge in [0.2, 0.25) is 0 Å². The van der Waals surface area contributed by atoms with Crippen LogP contribution in [0, 0.1) is 13.8 Å². The van der Waals surface area contributed by atoms with Gasteiger partial charge in [-0.15, -0.1) is 0 Å². The minimum atomic E-state index is 0.399. The first-order valence-corrected chi connectivity index (χ1v) is 8.52. The maximum absolute atomic E-state index is 5.93. The highest BCUT2D eigenvalue weighted by molar-refractivity contribution is 5.92. The summed E-state index contributed by atoms with van der Waals surface area (Å²) < 4.78 is 16.2. The van der Waals surface area contributed by atoms with Crippen LogP contribution in [0.2, 0.25) is 0 Å². The largest absolute Gasteiger partial charge is 0.496 e. The predicted octanol–water partition coefficient (Wildman–Crippen LogP) is 3.52. The van der Waals surface area contributed by atoms with E-state index in [1.807, 2.05) is 18.2 Å². The first kappa shape index (κ1) is 19.4. The van der Waals surface area contributed by atoms with Crippen LogP contribution in [-0.2, 0) is 0 Å². The van der Waals surface area contributed by atoms with Gasteiger partial charge in [0.25, 0.3) is 0 Å². The number of hydrogen-bond acceptors (Lipinski definition) is 4. The first-order chi connectivity index (χ1) is 12.5. The van der Waals surface area contributed by atoms with Gasteiger partial charge < -0.3 is 25.3 Å². The van der Waals surface area contributed by atoms with Gasteiger partial charge >= 0.3 is 0 Å². The number of aryl methyl sites for hydroxylation is 2. The molecule has 0 aliphatic rings. The lowest BCUT2D eigenvalue weighted by atomic mass is 10.1. The monoisotopic (exact) mass is 357 g/mol. The molecule has 0 saturated heterocycles. The molecule has 0 spiro atoms. The van der Waals surface area contributed by atoms with Crippen molar-refractivity contribution in [2.45, 2.75) is 20.3 Å². The summed E-state index contributed by atoms with van der Waals surface area (Å²) in [7, 11) is 3.22. The Morgan fingerprint density at radius 2 is 1.62 bits per heavy atom. The molecule has 0 fully saturated rings. The molecule has 26 heavy (non-hydrogen) atoms. The van der Waals surface area contributed by atoms with Gasteiger partial charge in [0.15, 0.2) is 5.96 Å². The molecule has 0 bridgehead atoms. The number of benzene rings is 2. The zero-order chi connectivity index (χ0) is 18.9. The molecule has 0 radical (unpaired) electrons. The van der Waals surface area contributed by atoms with Crippen molar-refractivity contribution in [3.05, 3.63) is 47.5 Å². The second kappa shape index (κ2) is 9.56. The van der Waals surface area contributed by atoms with Gasteiger partial charge in [0.05, 0.1) is 20.8 Å². The molecule has 140 valence electrons. The topological polar surface area (TPSA) is 78.1 Å². The number of methoxy groups -OCH3 is 2. The summed E-state index contributed by atoms with van der Waals surface area (Å²) in [5.74, 6) is 2.49. The fourth-order valence-corrected chi connectivity index (χ4v) is 2.33. The molecule has 3 N–H and O–H groups in total. The summed E-state index contributed by atoms with van der Waals surface area (Å²) in [5, 5.41) is 3.10. The number of anilines is 1. The highest BCUT2D eigenvalue weighted by atomic mass is 16.5. The van der Waals surface area contributed by atoms with Crippen molar-refractivity contribution in [1.82, 2.24) is 0 Å². The summed E-state index contributed by atoms with van der Waals surface area (Å²) in [6.45, 7) is 5.24. The molecule has 0 aliphatic carbocycles. The van der Waals surface area contributed by atoms with E-state index in [2.05, 4.69) is 36.3 Å². The maximum Gasteiger partial charge on any atom is 0.193 e. The summed E-state index contributed by atoms with van der Waals surface area (Å²) in [4.78, 5) is 4.32. The summed E-state index contributed by atoms with van der Waals surface area (Å²) in [5.41, 5.74) is 9.33. The van der Waals surface area contributed by atoms with Crippen LogP contribution in [0.5, 0.6) is 17.2 Å². The Bertz CT molecular complexity index is 738. The number of ether oxygens (including phenoxy) is 3. The van der Waals surface area contributed by atoms with Crippen LogP contribution in [-0.4, -0.2) is 33.3 Å². The van der Waals surface area contributed by atoms with E-state index >= 15 is 0 Å². The summed E-state index contributed by atoms with van der Waals surface area (Å²) >= 11 is 0. The van der Waals surface area contributed by atoms with Gasteiger partial charge in [-0.05, 0) is 37.1 Å². The van der Waals surface area contributed by atoms with Gasteiger partial charge in [0.1, 0.15) is 17.2 Å². The lowest BCUT2D eigenvalue weighted by Gasteiger charge is -2.10. The minimum absolute atomic E-state index is 0.399. The van der Waals surface area contributed by atoms with E-state index in [9.17, 15) is 0 Å². The van der Waals surface area contributed by atoms with Crippen LogP contribution in [0.4, 0.5) is 5.69 Å². The van der Waals surface area contributed by atoms with Crippen LogP contribution in [0.1, 0.15) is 17.5 Å². The van der Waals surface area contributed by atoms with Crippen LogP contribution >= 0.6 is 0 Å². The molecule has 0 amide bonds. The molecular formula is C20H27N3O3. The Balaban J connectivity index is 1.78. The lowest BCUT2D eigenvalue weighted by molar-refractivity contribution is 0.307. The first-order valence-electron chi connectivity index (χ1n) is 8.52. The molecule has 0 atom stereocenters. The van der Waals surface area contributed by atoms with Crippen molar-refractivity contribution >= 4 is 11.6 Å². The molecule has 6 nitrogen and oxygen atoms in total. The fraction of sp³-hybridized carbons (Fsp3) is 0.350. The van der Waals surface area contributed by atoms with Gasteiger partial charge in [-0.25, -0.2) is 0 Å². The zero-order valence-electron chi connectivity index (χ0n) is 15.8. The van der Waals surface area contributed by atoms with E-state index in [4.69, 9.17) is 19.9 Å². The third-order valence-electron chi connectivity index (χ3n) is 3.96. The second-order valence-corrected chi connectivity index (χ2v) is 5.94. The second-order valence-electron chi connectivity index (χ2n) is 5.94. The summed E-state index contributed by atoms with van der Waals surface area (Å²) in [6.07, 6.45) is 0.745. The Kier molecular flexibility index (Phi) is 7.14. The van der Waals surface area contributed by atoms with Crippen LogP contribution in [0.25, 0.3) is 0 Å². The Morgan fingerprint density at radius 1 is 0.962 bits per heavy atom. The van der Waals surface area contributed by atoms with E-state index in [-0.39, 0.29) is 0 Å². The van der Waals surface area contributed by atoms with E-state index in [1.54, 1.807) is 20.3 Å².